The van der Waals surface area contributed by atoms with Crippen molar-refractivity contribution in [3.05, 3.63) is 53.6 Å². The fourth-order valence-electron chi connectivity index (χ4n) is 3.62. The highest BCUT2D eigenvalue weighted by Crippen LogP contribution is 2.27. The molecule has 1 fully saturated rings. The SMILES string of the molecule is CN1Cc2cc(Nc3ccc(N4CCCCC4)cc3)ccc2C1=O. The molecule has 1 N–H and O–H groups in total. The molecule has 1 saturated heterocycles. The highest BCUT2D eigenvalue weighted by molar-refractivity contribution is 5.98. The van der Waals surface area contributed by atoms with Gasteiger partial charge in [0.25, 0.3) is 5.91 Å². The Balaban J connectivity index is 1.48. The molecule has 2 aliphatic heterocycles. The molecule has 0 unspecified atom stereocenters. The summed E-state index contributed by atoms with van der Waals surface area (Å²) in [6, 6.07) is 14.6. The smallest absolute Gasteiger partial charge is 0.254 e. The van der Waals surface area contributed by atoms with Crippen molar-refractivity contribution >= 4 is 23.0 Å². The van der Waals surface area contributed by atoms with Crippen LogP contribution < -0.4 is 10.2 Å². The highest BCUT2D eigenvalue weighted by atomic mass is 16.2. The number of hydrogen-bond acceptors (Lipinski definition) is 3. The van der Waals surface area contributed by atoms with Crippen molar-refractivity contribution in [2.45, 2.75) is 25.8 Å². The van der Waals surface area contributed by atoms with Gasteiger partial charge in [-0.1, -0.05) is 0 Å². The minimum Gasteiger partial charge on any atom is -0.372 e. The fourth-order valence-corrected chi connectivity index (χ4v) is 3.62. The lowest BCUT2D eigenvalue weighted by Crippen LogP contribution is -2.29. The normalized spacial score (nSPS) is 17.1. The third-order valence-electron chi connectivity index (χ3n) is 4.97. The molecule has 0 saturated carbocycles. The lowest BCUT2D eigenvalue weighted by Gasteiger charge is -2.28. The van der Waals surface area contributed by atoms with Crippen LogP contribution in [0.25, 0.3) is 0 Å². The van der Waals surface area contributed by atoms with Crippen molar-refractivity contribution in [2.75, 3.05) is 30.4 Å². The van der Waals surface area contributed by atoms with Crippen molar-refractivity contribution in [3.63, 3.8) is 0 Å². The third-order valence-corrected chi connectivity index (χ3v) is 4.97. The number of carbonyl (C=O) groups is 1. The number of hydrogen-bond donors (Lipinski definition) is 1. The zero-order valence-corrected chi connectivity index (χ0v) is 14.1. The highest BCUT2D eigenvalue weighted by Gasteiger charge is 2.24. The first-order chi connectivity index (χ1) is 11.7. The van der Waals surface area contributed by atoms with E-state index in [1.807, 2.05) is 19.2 Å². The molecule has 0 aromatic heterocycles. The largest absolute Gasteiger partial charge is 0.372 e. The van der Waals surface area contributed by atoms with E-state index in [0.29, 0.717) is 6.54 Å². The first-order valence-electron chi connectivity index (χ1n) is 8.71. The van der Waals surface area contributed by atoms with Gasteiger partial charge in [-0.3, -0.25) is 4.79 Å². The van der Waals surface area contributed by atoms with Gasteiger partial charge in [-0.2, -0.15) is 0 Å². The topological polar surface area (TPSA) is 35.6 Å². The van der Waals surface area contributed by atoms with Crippen LogP contribution in [0.2, 0.25) is 0 Å². The van der Waals surface area contributed by atoms with Gasteiger partial charge >= 0.3 is 0 Å². The molecule has 2 aromatic rings. The number of rotatable bonds is 3. The molecule has 0 atom stereocenters. The molecular weight excluding hydrogens is 298 g/mol. The summed E-state index contributed by atoms with van der Waals surface area (Å²) in [4.78, 5) is 16.2. The Hall–Kier alpha value is -2.49. The molecule has 0 radical (unpaired) electrons. The Morgan fingerprint density at radius 3 is 2.38 bits per heavy atom. The van der Waals surface area contributed by atoms with Gasteiger partial charge in [0, 0.05) is 49.3 Å². The molecule has 4 heteroatoms. The Morgan fingerprint density at radius 1 is 0.917 bits per heavy atom. The minimum atomic E-state index is 0.113. The van der Waals surface area contributed by atoms with Crippen LogP contribution in [-0.4, -0.2) is 30.9 Å². The van der Waals surface area contributed by atoms with E-state index in [9.17, 15) is 4.79 Å². The molecule has 4 rings (SSSR count). The van der Waals surface area contributed by atoms with Gasteiger partial charge in [0.05, 0.1) is 0 Å². The summed E-state index contributed by atoms with van der Waals surface area (Å²) < 4.78 is 0. The van der Waals surface area contributed by atoms with Crippen LogP contribution in [0.4, 0.5) is 17.1 Å². The van der Waals surface area contributed by atoms with Crippen LogP contribution in [0.15, 0.2) is 42.5 Å². The maximum absolute atomic E-state index is 12.0. The number of fused-ring (bicyclic) bond motifs is 1. The standard InChI is InChI=1S/C20H23N3O/c1-22-14-15-13-17(7-10-19(15)20(22)24)21-16-5-8-18(9-6-16)23-11-3-2-4-12-23/h5-10,13,21H,2-4,11-12,14H2,1H3. The van der Waals surface area contributed by atoms with E-state index in [-0.39, 0.29) is 5.91 Å². The fraction of sp³-hybridized carbons (Fsp3) is 0.350. The van der Waals surface area contributed by atoms with E-state index in [1.54, 1.807) is 4.90 Å². The molecule has 1 amide bonds. The second-order valence-electron chi connectivity index (χ2n) is 6.75. The number of anilines is 3. The Morgan fingerprint density at radius 2 is 1.62 bits per heavy atom. The lowest BCUT2D eigenvalue weighted by molar-refractivity contribution is 0.0816. The zero-order valence-electron chi connectivity index (χ0n) is 14.1. The average molecular weight is 321 g/mol. The number of piperidine rings is 1. The predicted octanol–water partition coefficient (Wildman–Crippen LogP) is 4.01. The number of carbonyl (C=O) groups excluding carboxylic acids is 1. The molecule has 4 nitrogen and oxygen atoms in total. The number of nitrogens with zero attached hydrogens (tertiary/aromatic N) is 2. The van der Waals surface area contributed by atoms with Crippen molar-refractivity contribution in [3.8, 4) is 0 Å². The van der Waals surface area contributed by atoms with Gasteiger partial charge in [0.15, 0.2) is 0 Å². The van der Waals surface area contributed by atoms with E-state index >= 15 is 0 Å². The summed E-state index contributed by atoms with van der Waals surface area (Å²) in [6.45, 7) is 3.02. The Labute approximate surface area is 143 Å². The molecule has 2 heterocycles. The quantitative estimate of drug-likeness (QED) is 0.928. The molecule has 2 aliphatic rings. The summed E-state index contributed by atoms with van der Waals surface area (Å²) in [5.74, 6) is 0.113. The van der Waals surface area contributed by atoms with E-state index in [0.717, 1.165) is 22.5 Å². The van der Waals surface area contributed by atoms with Crippen LogP contribution in [0.3, 0.4) is 0 Å². The first-order valence-corrected chi connectivity index (χ1v) is 8.71. The number of amides is 1. The monoisotopic (exact) mass is 321 g/mol. The third kappa shape index (κ3) is 2.84. The van der Waals surface area contributed by atoms with Crippen molar-refractivity contribution in [2.24, 2.45) is 0 Å². The summed E-state index contributed by atoms with van der Waals surface area (Å²) in [5.41, 5.74) is 5.33. The van der Waals surface area contributed by atoms with E-state index < -0.39 is 0 Å². The van der Waals surface area contributed by atoms with Gasteiger partial charge < -0.3 is 15.1 Å². The molecule has 24 heavy (non-hydrogen) atoms. The maximum atomic E-state index is 12.0. The van der Waals surface area contributed by atoms with Crippen LogP contribution >= 0.6 is 0 Å². The average Bonchev–Trinajstić information content (AvgIpc) is 2.90. The Kier molecular flexibility index (Phi) is 3.89. The van der Waals surface area contributed by atoms with E-state index in [4.69, 9.17) is 0 Å². The summed E-state index contributed by atoms with van der Waals surface area (Å²) in [6.07, 6.45) is 3.94. The molecular formula is C20H23N3O. The summed E-state index contributed by atoms with van der Waals surface area (Å²) >= 11 is 0. The Bertz CT molecular complexity index is 748. The van der Waals surface area contributed by atoms with Crippen LogP contribution in [0.1, 0.15) is 35.2 Å². The summed E-state index contributed by atoms with van der Waals surface area (Å²) in [7, 11) is 1.84. The van der Waals surface area contributed by atoms with Crippen molar-refractivity contribution in [1.29, 1.82) is 0 Å². The van der Waals surface area contributed by atoms with Gasteiger partial charge in [-0.05, 0) is 67.3 Å². The molecule has 0 bridgehead atoms. The van der Waals surface area contributed by atoms with Gasteiger partial charge in [0.2, 0.25) is 0 Å². The second kappa shape index (κ2) is 6.19. The molecule has 0 aliphatic carbocycles. The molecule has 0 spiro atoms. The first kappa shape index (κ1) is 15.1. The van der Waals surface area contributed by atoms with Crippen LogP contribution in [0.5, 0.6) is 0 Å². The second-order valence-corrected chi connectivity index (χ2v) is 6.75. The van der Waals surface area contributed by atoms with Crippen molar-refractivity contribution in [1.82, 2.24) is 4.90 Å². The lowest BCUT2D eigenvalue weighted by atomic mass is 10.1. The van der Waals surface area contributed by atoms with Crippen LogP contribution in [0, 0.1) is 0 Å². The summed E-state index contributed by atoms with van der Waals surface area (Å²) in [5, 5.41) is 3.45. The van der Waals surface area contributed by atoms with Crippen molar-refractivity contribution < 1.29 is 4.79 Å². The molecule has 2 aromatic carbocycles. The van der Waals surface area contributed by atoms with Gasteiger partial charge in [-0.25, -0.2) is 0 Å². The number of benzene rings is 2. The maximum Gasteiger partial charge on any atom is 0.254 e. The van der Waals surface area contributed by atoms with E-state index in [1.165, 1.54) is 38.0 Å². The van der Waals surface area contributed by atoms with E-state index in [2.05, 4.69) is 40.5 Å². The molecule has 124 valence electrons. The predicted molar refractivity (Wildman–Crippen MR) is 98.0 cm³/mol. The zero-order chi connectivity index (χ0) is 16.5. The number of nitrogens with one attached hydrogen (secondary N) is 1. The van der Waals surface area contributed by atoms with Gasteiger partial charge in [0.1, 0.15) is 0 Å². The van der Waals surface area contributed by atoms with Gasteiger partial charge in [-0.15, -0.1) is 0 Å². The van der Waals surface area contributed by atoms with Crippen LogP contribution in [-0.2, 0) is 6.54 Å². The minimum absolute atomic E-state index is 0.113.